The number of rotatable bonds is 1. The maximum atomic E-state index is 10.1. The van der Waals surface area contributed by atoms with Crippen molar-refractivity contribution in [3.8, 4) is 17.1 Å². The van der Waals surface area contributed by atoms with Crippen molar-refractivity contribution in [1.82, 2.24) is 15.0 Å². The lowest BCUT2D eigenvalue weighted by molar-refractivity contribution is 0.477. The Morgan fingerprint density at radius 1 is 0.950 bits per heavy atom. The summed E-state index contributed by atoms with van der Waals surface area (Å²) in [7, 11) is 0. The van der Waals surface area contributed by atoms with Gasteiger partial charge in [0.2, 0.25) is 10.6 Å². The molecule has 4 nitrogen and oxygen atoms in total. The van der Waals surface area contributed by atoms with Crippen LogP contribution in [0.3, 0.4) is 0 Å². The molecule has 0 saturated heterocycles. The summed E-state index contributed by atoms with van der Waals surface area (Å²) in [4.78, 5) is 11.8. The van der Waals surface area contributed by atoms with Crippen molar-refractivity contribution in [2.45, 2.75) is 0 Å². The number of aromatic hydroxyl groups is 1. The minimum absolute atomic E-state index is 0.0199. The summed E-state index contributed by atoms with van der Waals surface area (Å²) in [5.74, 6) is 0.290. The predicted molar refractivity (Wildman–Crippen MR) is 82.2 cm³/mol. The zero-order valence-electron chi connectivity index (χ0n) is 9.81. The van der Waals surface area contributed by atoms with Crippen LogP contribution in [0, 0.1) is 0 Å². The van der Waals surface area contributed by atoms with Crippen molar-refractivity contribution in [2.24, 2.45) is 0 Å². The second kappa shape index (κ2) is 5.16. The molecule has 1 aromatic heterocycles. The van der Waals surface area contributed by atoms with Gasteiger partial charge in [0.15, 0.2) is 5.82 Å². The molecular weight excluding hydrogens is 365 g/mol. The molecule has 0 aliphatic rings. The molecule has 100 valence electrons. The Hall–Kier alpha value is -1.43. The van der Waals surface area contributed by atoms with Gasteiger partial charge in [-0.05, 0) is 52.2 Å². The fraction of sp³-hybridized carbons (Fsp3) is 0. The molecule has 0 saturated carbocycles. The molecular formula is C13H6BrCl2N3O. The lowest BCUT2D eigenvalue weighted by atomic mass is 10.0. The van der Waals surface area contributed by atoms with Crippen molar-refractivity contribution in [3.05, 3.63) is 45.4 Å². The largest absolute Gasteiger partial charge is 0.507 e. The van der Waals surface area contributed by atoms with E-state index in [0.29, 0.717) is 5.56 Å². The van der Waals surface area contributed by atoms with Crippen LogP contribution in [0.2, 0.25) is 10.6 Å². The van der Waals surface area contributed by atoms with E-state index in [2.05, 4.69) is 30.9 Å². The first-order valence-electron chi connectivity index (χ1n) is 5.53. The second-order valence-electron chi connectivity index (χ2n) is 4.02. The Kier molecular flexibility index (Phi) is 3.50. The van der Waals surface area contributed by atoms with Crippen LogP contribution in [0.25, 0.3) is 22.2 Å². The van der Waals surface area contributed by atoms with Crippen molar-refractivity contribution in [1.29, 1.82) is 0 Å². The Bertz CT molecular complexity index is 806. The highest BCUT2D eigenvalue weighted by Crippen LogP contribution is 2.36. The van der Waals surface area contributed by atoms with Crippen LogP contribution in [0.15, 0.2) is 34.8 Å². The number of aromatic nitrogens is 3. The summed E-state index contributed by atoms with van der Waals surface area (Å²) in [6.45, 7) is 0. The van der Waals surface area contributed by atoms with E-state index in [1.165, 1.54) is 0 Å². The molecule has 0 radical (unpaired) electrons. The lowest BCUT2D eigenvalue weighted by Crippen LogP contribution is -1.95. The summed E-state index contributed by atoms with van der Waals surface area (Å²) >= 11 is 15.0. The molecule has 7 heteroatoms. The van der Waals surface area contributed by atoms with Crippen molar-refractivity contribution < 1.29 is 5.11 Å². The van der Waals surface area contributed by atoms with Gasteiger partial charge in [-0.2, -0.15) is 15.0 Å². The van der Waals surface area contributed by atoms with Crippen LogP contribution < -0.4 is 0 Å². The number of nitrogens with zero attached hydrogens (tertiary/aromatic N) is 3. The SMILES string of the molecule is Oc1ccc2cc(Br)ccc2c1-c1nc(Cl)nc(Cl)n1. The third-order valence-electron chi connectivity index (χ3n) is 2.76. The Labute approximate surface area is 132 Å². The number of phenols is 1. The summed E-state index contributed by atoms with van der Waals surface area (Å²) in [6, 6.07) is 9.05. The van der Waals surface area contributed by atoms with Crippen molar-refractivity contribution in [2.75, 3.05) is 0 Å². The number of hydrogen-bond acceptors (Lipinski definition) is 4. The van der Waals surface area contributed by atoms with E-state index in [0.717, 1.165) is 15.2 Å². The van der Waals surface area contributed by atoms with Gasteiger partial charge in [0, 0.05) is 4.47 Å². The average molecular weight is 371 g/mol. The summed E-state index contributed by atoms with van der Waals surface area (Å²) in [5.41, 5.74) is 0.473. The third kappa shape index (κ3) is 2.44. The molecule has 3 aromatic rings. The minimum Gasteiger partial charge on any atom is -0.507 e. The highest BCUT2D eigenvalue weighted by atomic mass is 79.9. The Balaban J connectivity index is 2.37. The van der Waals surface area contributed by atoms with E-state index in [-0.39, 0.29) is 22.1 Å². The lowest BCUT2D eigenvalue weighted by Gasteiger charge is -2.08. The van der Waals surface area contributed by atoms with E-state index in [4.69, 9.17) is 23.2 Å². The van der Waals surface area contributed by atoms with Crippen LogP contribution in [0.5, 0.6) is 5.75 Å². The molecule has 0 bridgehead atoms. The fourth-order valence-electron chi connectivity index (χ4n) is 1.96. The molecule has 2 aromatic carbocycles. The van der Waals surface area contributed by atoms with E-state index >= 15 is 0 Å². The summed E-state index contributed by atoms with van der Waals surface area (Å²) < 4.78 is 0.938. The first kappa shape index (κ1) is 13.5. The molecule has 3 rings (SSSR count). The van der Waals surface area contributed by atoms with Gasteiger partial charge in [0.25, 0.3) is 0 Å². The summed E-state index contributed by atoms with van der Waals surface area (Å²) in [5, 5.41) is 11.8. The van der Waals surface area contributed by atoms with Gasteiger partial charge in [0.05, 0.1) is 5.56 Å². The normalized spacial score (nSPS) is 10.9. The Morgan fingerprint density at radius 3 is 2.35 bits per heavy atom. The monoisotopic (exact) mass is 369 g/mol. The maximum absolute atomic E-state index is 10.1. The van der Waals surface area contributed by atoms with Gasteiger partial charge in [-0.3, -0.25) is 0 Å². The molecule has 0 amide bonds. The minimum atomic E-state index is -0.0199. The maximum Gasteiger partial charge on any atom is 0.227 e. The number of benzene rings is 2. The highest BCUT2D eigenvalue weighted by molar-refractivity contribution is 9.10. The number of halogens is 3. The first-order chi connectivity index (χ1) is 9.54. The van der Waals surface area contributed by atoms with Crippen molar-refractivity contribution >= 4 is 49.9 Å². The van der Waals surface area contributed by atoms with Gasteiger partial charge in [-0.15, -0.1) is 0 Å². The van der Waals surface area contributed by atoms with Gasteiger partial charge in [-0.1, -0.05) is 28.1 Å². The molecule has 0 aliphatic heterocycles. The number of hydrogen-bond donors (Lipinski definition) is 1. The van der Waals surface area contributed by atoms with E-state index in [1.54, 1.807) is 6.07 Å². The molecule has 1 N–H and O–H groups in total. The number of fused-ring (bicyclic) bond motifs is 1. The van der Waals surface area contributed by atoms with E-state index < -0.39 is 0 Å². The van der Waals surface area contributed by atoms with Crippen LogP contribution in [-0.4, -0.2) is 20.1 Å². The van der Waals surface area contributed by atoms with E-state index in [1.807, 2.05) is 24.3 Å². The molecule has 0 aliphatic carbocycles. The molecule has 0 unspecified atom stereocenters. The Morgan fingerprint density at radius 2 is 1.65 bits per heavy atom. The highest BCUT2D eigenvalue weighted by Gasteiger charge is 2.14. The smallest absolute Gasteiger partial charge is 0.227 e. The average Bonchev–Trinajstić information content (AvgIpc) is 2.37. The van der Waals surface area contributed by atoms with Crippen LogP contribution in [0.1, 0.15) is 0 Å². The second-order valence-corrected chi connectivity index (χ2v) is 5.61. The summed E-state index contributed by atoms with van der Waals surface area (Å²) in [6.07, 6.45) is 0. The quantitative estimate of drug-likeness (QED) is 0.686. The van der Waals surface area contributed by atoms with Crippen LogP contribution in [-0.2, 0) is 0 Å². The first-order valence-corrected chi connectivity index (χ1v) is 7.08. The van der Waals surface area contributed by atoms with Gasteiger partial charge < -0.3 is 5.11 Å². The van der Waals surface area contributed by atoms with Gasteiger partial charge >= 0.3 is 0 Å². The zero-order chi connectivity index (χ0) is 14.3. The topological polar surface area (TPSA) is 58.9 Å². The van der Waals surface area contributed by atoms with Crippen molar-refractivity contribution in [3.63, 3.8) is 0 Å². The molecule has 1 heterocycles. The fourth-order valence-corrected chi connectivity index (χ4v) is 2.70. The number of phenolic OH excluding ortho intramolecular Hbond substituents is 1. The molecule has 20 heavy (non-hydrogen) atoms. The molecule has 0 spiro atoms. The molecule has 0 fully saturated rings. The van der Waals surface area contributed by atoms with Crippen LogP contribution in [0.4, 0.5) is 0 Å². The third-order valence-corrected chi connectivity index (χ3v) is 3.60. The standard InChI is InChI=1S/C13H6BrCl2N3O/c14-7-2-3-8-6(5-7)1-4-9(20)10(8)11-17-12(15)19-13(16)18-11/h1-5,20H. The predicted octanol–water partition coefficient (Wildman–Crippen LogP) is 4.47. The zero-order valence-corrected chi connectivity index (χ0v) is 12.9. The van der Waals surface area contributed by atoms with Gasteiger partial charge in [0.1, 0.15) is 5.75 Å². The van der Waals surface area contributed by atoms with Crippen LogP contribution >= 0.6 is 39.1 Å². The van der Waals surface area contributed by atoms with Gasteiger partial charge in [-0.25, -0.2) is 0 Å². The van der Waals surface area contributed by atoms with E-state index in [9.17, 15) is 5.11 Å². The molecule has 0 atom stereocenters.